The average Bonchev–Trinajstić information content (AvgIpc) is 3.04. The van der Waals surface area contributed by atoms with Gasteiger partial charge in [0.25, 0.3) is 0 Å². The molecule has 2 heterocycles. The second-order valence-electron chi connectivity index (χ2n) is 5.15. The van der Waals surface area contributed by atoms with Crippen LogP contribution in [0, 0.1) is 5.92 Å². The van der Waals surface area contributed by atoms with E-state index in [2.05, 4.69) is 31.3 Å². The van der Waals surface area contributed by atoms with Gasteiger partial charge in [0.15, 0.2) is 5.82 Å². The van der Waals surface area contributed by atoms with Crippen LogP contribution < -0.4 is 10.6 Å². The molecular formula is C11H18N6O. The van der Waals surface area contributed by atoms with Gasteiger partial charge >= 0.3 is 0 Å². The molecule has 7 heteroatoms. The minimum absolute atomic E-state index is 0.0502. The van der Waals surface area contributed by atoms with E-state index in [1.807, 2.05) is 0 Å². The molecule has 1 aromatic rings. The lowest BCUT2D eigenvalue weighted by Crippen LogP contribution is -2.43. The van der Waals surface area contributed by atoms with Crippen molar-refractivity contribution in [3.05, 3.63) is 5.82 Å². The summed E-state index contributed by atoms with van der Waals surface area (Å²) >= 11 is 0. The number of carbonyl (C=O) groups excluding carboxylic acids is 1. The van der Waals surface area contributed by atoms with Crippen molar-refractivity contribution in [2.75, 3.05) is 0 Å². The lowest BCUT2D eigenvalue weighted by atomic mass is 9.85. The first-order valence-electron chi connectivity index (χ1n) is 6.59. The highest BCUT2D eigenvalue weighted by molar-refractivity contribution is 5.82. The third kappa shape index (κ3) is 2.35. The number of fused-ring (bicyclic) bond motifs is 1. The lowest BCUT2D eigenvalue weighted by molar-refractivity contribution is -0.123. The molecule has 1 aliphatic heterocycles. The van der Waals surface area contributed by atoms with E-state index in [4.69, 9.17) is 0 Å². The summed E-state index contributed by atoms with van der Waals surface area (Å²) < 4.78 is 0. The first kappa shape index (κ1) is 11.6. The van der Waals surface area contributed by atoms with Crippen LogP contribution in [0.3, 0.4) is 0 Å². The monoisotopic (exact) mass is 250 g/mol. The molecule has 0 spiro atoms. The van der Waals surface area contributed by atoms with Crippen LogP contribution in [0.15, 0.2) is 0 Å². The third-order valence-corrected chi connectivity index (χ3v) is 3.99. The van der Waals surface area contributed by atoms with Gasteiger partial charge in [-0.3, -0.25) is 4.79 Å². The van der Waals surface area contributed by atoms with Crippen LogP contribution in [0.4, 0.5) is 0 Å². The van der Waals surface area contributed by atoms with Crippen LogP contribution in [0.1, 0.15) is 37.9 Å². The minimum Gasteiger partial charge on any atom is -0.347 e. The van der Waals surface area contributed by atoms with Crippen LogP contribution in [-0.2, 0) is 11.3 Å². The van der Waals surface area contributed by atoms with E-state index in [1.165, 1.54) is 25.7 Å². The first-order chi connectivity index (χ1) is 8.83. The second kappa shape index (κ2) is 5.01. The van der Waals surface area contributed by atoms with Crippen LogP contribution in [-0.4, -0.2) is 38.6 Å². The molecule has 1 aromatic heterocycles. The highest BCUT2D eigenvalue weighted by Crippen LogP contribution is 2.33. The van der Waals surface area contributed by atoms with Crippen molar-refractivity contribution in [3.63, 3.8) is 0 Å². The number of nitrogens with zero attached hydrogens (tertiary/aromatic N) is 3. The van der Waals surface area contributed by atoms with Gasteiger partial charge in [0, 0.05) is 6.04 Å². The summed E-state index contributed by atoms with van der Waals surface area (Å²) in [6, 6.07) is 0.490. The van der Waals surface area contributed by atoms with Crippen molar-refractivity contribution in [2.24, 2.45) is 5.92 Å². The summed E-state index contributed by atoms with van der Waals surface area (Å²) in [6.45, 7) is 0.336. The highest BCUT2D eigenvalue weighted by Gasteiger charge is 2.38. The Hall–Kier alpha value is -1.50. The molecule has 98 valence electrons. The van der Waals surface area contributed by atoms with E-state index in [0.29, 0.717) is 24.3 Å². The second-order valence-corrected chi connectivity index (χ2v) is 5.15. The van der Waals surface area contributed by atoms with Gasteiger partial charge in [0.2, 0.25) is 5.91 Å². The summed E-state index contributed by atoms with van der Waals surface area (Å²) in [6.07, 6.45) is 6.01. The molecule has 1 saturated heterocycles. The number of H-pyrrole nitrogens is 1. The quantitative estimate of drug-likeness (QED) is 0.686. The maximum atomic E-state index is 12.0. The normalized spacial score (nSPS) is 31.0. The summed E-state index contributed by atoms with van der Waals surface area (Å²) in [4.78, 5) is 12.0. The minimum atomic E-state index is -0.0509. The van der Waals surface area contributed by atoms with Crippen LogP contribution >= 0.6 is 0 Å². The van der Waals surface area contributed by atoms with E-state index >= 15 is 0 Å². The molecule has 3 unspecified atom stereocenters. The molecule has 7 nitrogen and oxygen atoms in total. The topological polar surface area (TPSA) is 95.6 Å². The Labute approximate surface area is 105 Å². The zero-order valence-corrected chi connectivity index (χ0v) is 10.2. The Balaban J connectivity index is 1.51. The zero-order chi connectivity index (χ0) is 12.4. The smallest absolute Gasteiger partial charge is 0.237 e. The molecule has 0 radical (unpaired) electrons. The number of nitrogens with one attached hydrogen (secondary N) is 3. The predicted octanol–water partition coefficient (Wildman–Crippen LogP) is -0.263. The standard InChI is InChI=1S/C11H18N6O/c18-11(12-6-10-14-16-17-15-10)9-5-7-3-1-2-4-8(7)13-9/h7-9,13H,1-6H2,(H,12,18)(H,14,15,16,17). The average molecular weight is 250 g/mol. The van der Waals surface area contributed by atoms with Crippen molar-refractivity contribution >= 4 is 5.91 Å². The van der Waals surface area contributed by atoms with Crippen molar-refractivity contribution in [1.29, 1.82) is 0 Å². The van der Waals surface area contributed by atoms with Crippen molar-refractivity contribution in [1.82, 2.24) is 31.3 Å². The molecule has 2 aliphatic rings. The van der Waals surface area contributed by atoms with Crippen LogP contribution in [0.25, 0.3) is 0 Å². The van der Waals surface area contributed by atoms with Gasteiger partial charge in [-0.15, -0.1) is 10.2 Å². The van der Waals surface area contributed by atoms with Gasteiger partial charge in [-0.2, -0.15) is 5.21 Å². The zero-order valence-electron chi connectivity index (χ0n) is 10.2. The van der Waals surface area contributed by atoms with Gasteiger partial charge in [0.05, 0.1) is 12.6 Å². The Morgan fingerprint density at radius 1 is 1.39 bits per heavy atom. The molecular weight excluding hydrogens is 232 g/mol. The molecule has 3 atom stereocenters. The fraction of sp³-hybridized carbons (Fsp3) is 0.818. The van der Waals surface area contributed by atoms with Crippen LogP contribution in [0.5, 0.6) is 0 Å². The van der Waals surface area contributed by atoms with E-state index in [1.54, 1.807) is 0 Å². The van der Waals surface area contributed by atoms with E-state index in [-0.39, 0.29) is 11.9 Å². The molecule has 1 amide bonds. The number of hydrogen-bond acceptors (Lipinski definition) is 5. The van der Waals surface area contributed by atoms with Crippen molar-refractivity contribution < 1.29 is 4.79 Å². The number of rotatable bonds is 3. The van der Waals surface area contributed by atoms with Crippen LogP contribution in [0.2, 0.25) is 0 Å². The third-order valence-electron chi connectivity index (χ3n) is 3.99. The molecule has 3 rings (SSSR count). The number of aromatic amines is 1. The molecule has 18 heavy (non-hydrogen) atoms. The Bertz CT molecular complexity index is 392. The largest absolute Gasteiger partial charge is 0.347 e. The van der Waals surface area contributed by atoms with E-state index in [0.717, 1.165) is 6.42 Å². The number of amides is 1. The number of aromatic nitrogens is 4. The number of tetrazole rings is 1. The maximum Gasteiger partial charge on any atom is 0.237 e. The summed E-state index contributed by atoms with van der Waals surface area (Å²) in [5, 5.41) is 19.7. The predicted molar refractivity (Wildman–Crippen MR) is 63.3 cm³/mol. The molecule has 1 saturated carbocycles. The SMILES string of the molecule is O=C(NCc1nn[nH]n1)C1CC2CCCCC2N1. The molecule has 0 bridgehead atoms. The Kier molecular flexibility index (Phi) is 3.22. The first-order valence-corrected chi connectivity index (χ1v) is 6.59. The van der Waals surface area contributed by atoms with Gasteiger partial charge in [-0.25, -0.2) is 0 Å². The Morgan fingerprint density at radius 3 is 3.06 bits per heavy atom. The number of hydrogen-bond donors (Lipinski definition) is 3. The summed E-state index contributed by atoms with van der Waals surface area (Å²) in [5.41, 5.74) is 0. The molecule has 3 N–H and O–H groups in total. The van der Waals surface area contributed by atoms with Gasteiger partial charge in [0.1, 0.15) is 0 Å². The van der Waals surface area contributed by atoms with Gasteiger partial charge in [-0.1, -0.05) is 18.1 Å². The summed E-state index contributed by atoms with van der Waals surface area (Å²) in [5.74, 6) is 1.24. The van der Waals surface area contributed by atoms with E-state index in [9.17, 15) is 4.79 Å². The fourth-order valence-corrected chi connectivity index (χ4v) is 3.07. The van der Waals surface area contributed by atoms with E-state index < -0.39 is 0 Å². The molecule has 2 fully saturated rings. The van der Waals surface area contributed by atoms with Gasteiger partial charge < -0.3 is 10.6 Å². The fourth-order valence-electron chi connectivity index (χ4n) is 3.07. The van der Waals surface area contributed by atoms with Crippen molar-refractivity contribution in [3.8, 4) is 0 Å². The highest BCUT2D eigenvalue weighted by atomic mass is 16.2. The van der Waals surface area contributed by atoms with Crippen molar-refractivity contribution in [2.45, 2.75) is 50.7 Å². The maximum absolute atomic E-state index is 12.0. The van der Waals surface area contributed by atoms with Gasteiger partial charge in [-0.05, 0) is 25.2 Å². The Morgan fingerprint density at radius 2 is 2.28 bits per heavy atom. The molecule has 1 aliphatic carbocycles. The summed E-state index contributed by atoms with van der Waals surface area (Å²) in [7, 11) is 0. The lowest BCUT2D eigenvalue weighted by Gasteiger charge is -2.24. The number of carbonyl (C=O) groups is 1. The molecule has 0 aromatic carbocycles.